The number of morpholine rings is 1. The first-order chi connectivity index (χ1) is 16.5. The average molecular weight is 480 g/mol. The van der Waals surface area contributed by atoms with Gasteiger partial charge in [0.1, 0.15) is 0 Å². The topological polar surface area (TPSA) is 70.2 Å². The predicted octanol–water partition coefficient (Wildman–Crippen LogP) is 2.82. The lowest BCUT2D eigenvalue weighted by Gasteiger charge is -2.34. The van der Waals surface area contributed by atoms with Gasteiger partial charge in [-0.1, -0.05) is 42.5 Å². The Balaban J connectivity index is 1.24. The maximum absolute atomic E-state index is 13.2. The van der Waals surface area contributed by atoms with Crippen molar-refractivity contribution in [1.82, 2.24) is 14.1 Å². The van der Waals surface area contributed by atoms with E-state index in [1.165, 1.54) is 4.31 Å². The molecule has 0 atom stereocenters. The van der Waals surface area contributed by atoms with Crippen LogP contribution in [-0.4, -0.2) is 80.9 Å². The SMILES string of the molecule is O=C(c1cccc(CN2CCOCC2)c1)N1CCN(S(=O)(=O)c2ccc3ccccc3c2)CC1. The van der Waals surface area contributed by atoms with Crippen LogP contribution in [-0.2, 0) is 21.3 Å². The number of fused-ring (bicyclic) bond motifs is 1. The molecule has 2 aliphatic rings. The van der Waals surface area contributed by atoms with Crippen LogP contribution >= 0.6 is 0 Å². The highest BCUT2D eigenvalue weighted by Gasteiger charge is 2.30. The molecule has 178 valence electrons. The zero-order valence-electron chi connectivity index (χ0n) is 19.1. The Kier molecular flexibility index (Phi) is 6.65. The Bertz CT molecular complexity index is 1280. The van der Waals surface area contributed by atoms with Crippen LogP contribution in [0.25, 0.3) is 10.8 Å². The molecule has 8 heteroatoms. The van der Waals surface area contributed by atoms with Gasteiger partial charge < -0.3 is 9.64 Å². The highest BCUT2D eigenvalue weighted by Crippen LogP contribution is 2.23. The fourth-order valence-corrected chi connectivity index (χ4v) is 6.07. The van der Waals surface area contributed by atoms with Gasteiger partial charge in [0.05, 0.1) is 18.1 Å². The van der Waals surface area contributed by atoms with Gasteiger partial charge in [0.15, 0.2) is 0 Å². The van der Waals surface area contributed by atoms with Crippen molar-refractivity contribution >= 4 is 26.7 Å². The maximum Gasteiger partial charge on any atom is 0.253 e. The number of carbonyl (C=O) groups is 1. The summed E-state index contributed by atoms with van der Waals surface area (Å²) in [7, 11) is -3.61. The molecule has 2 aliphatic heterocycles. The molecule has 2 heterocycles. The number of ether oxygens (including phenoxy) is 1. The standard InChI is InChI=1S/C26H29N3O4S/c30-26(24-7-3-4-21(18-24)20-27-14-16-33-17-15-27)28-10-12-29(13-11-28)34(31,32)25-9-8-22-5-1-2-6-23(22)19-25/h1-9,18-19H,10-17,20H2. The molecular weight excluding hydrogens is 450 g/mol. The summed E-state index contributed by atoms with van der Waals surface area (Å²) in [5.74, 6) is -0.0495. The Morgan fingerprint density at radius 3 is 2.29 bits per heavy atom. The molecule has 2 saturated heterocycles. The van der Waals surface area contributed by atoms with E-state index in [1.807, 2.05) is 54.6 Å². The van der Waals surface area contributed by atoms with Gasteiger partial charge in [-0.05, 0) is 40.6 Å². The highest BCUT2D eigenvalue weighted by molar-refractivity contribution is 7.89. The minimum atomic E-state index is -3.61. The van der Waals surface area contributed by atoms with Crippen molar-refractivity contribution in [2.75, 3.05) is 52.5 Å². The van der Waals surface area contributed by atoms with E-state index < -0.39 is 10.0 Å². The monoisotopic (exact) mass is 479 g/mol. The van der Waals surface area contributed by atoms with Crippen molar-refractivity contribution < 1.29 is 17.9 Å². The zero-order chi connectivity index (χ0) is 23.5. The van der Waals surface area contributed by atoms with Crippen molar-refractivity contribution in [3.05, 3.63) is 77.9 Å². The number of hydrogen-bond acceptors (Lipinski definition) is 5. The van der Waals surface area contributed by atoms with E-state index in [4.69, 9.17) is 4.74 Å². The summed E-state index contributed by atoms with van der Waals surface area (Å²) in [6, 6.07) is 20.7. The summed E-state index contributed by atoms with van der Waals surface area (Å²) >= 11 is 0. The summed E-state index contributed by atoms with van der Waals surface area (Å²) in [6.45, 7) is 5.39. The molecule has 0 bridgehead atoms. The first-order valence-electron chi connectivity index (χ1n) is 11.7. The molecule has 0 spiro atoms. The molecule has 0 aliphatic carbocycles. The normalized spacial score (nSPS) is 18.3. The molecular formula is C26H29N3O4S. The fraction of sp³-hybridized carbons (Fsp3) is 0.346. The van der Waals surface area contributed by atoms with Crippen molar-refractivity contribution in [2.45, 2.75) is 11.4 Å². The van der Waals surface area contributed by atoms with Crippen LogP contribution in [0.1, 0.15) is 15.9 Å². The zero-order valence-corrected chi connectivity index (χ0v) is 19.9. The quantitative estimate of drug-likeness (QED) is 0.563. The molecule has 34 heavy (non-hydrogen) atoms. The molecule has 5 rings (SSSR count). The van der Waals surface area contributed by atoms with E-state index in [0.29, 0.717) is 23.5 Å². The Morgan fingerprint density at radius 2 is 1.53 bits per heavy atom. The van der Waals surface area contributed by atoms with Gasteiger partial charge in [-0.2, -0.15) is 4.31 Å². The second-order valence-corrected chi connectivity index (χ2v) is 10.7. The van der Waals surface area contributed by atoms with Gasteiger partial charge in [0, 0.05) is 51.4 Å². The van der Waals surface area contributed by atoms with E-state index in [-0.39, 0.29) is 19.0 Å². The van der Waals surface area contributed by atoms with E-state index >= 15 is 0 Å². The molecule has 0 N–H and O–H groups in total. The number of amides is 1. The van der Waals surface area contributed by atoms with Gasteiger partial charge in [-0.15, -0.1) is 0 Å². The summed E-state index contributed by atoms with van der Waals surface area (Å²) in [4.78, 5) is 17.5. The van der Waals surface area contributed by atoms with Gasteiger partial charge in [-0.3, -0.25) is 9.69 Å². The van der Waals surface area contributed by atoms with Crippen molar-refractivity contribution in [3.63, 3.8) is 0 Å². The number of piperazine rings is 1. The third-order valence-corrected chi connectivity index (χ3v) is 8.46. The predicted molar refractivity (Wildman–Crippen MR) is 131 cm³/mol. The Morgan fingerprint density at radius 1 is 0.794 bits per heavy atom. The van der Waals surface area contributed by atoms with Crippen LogP contribution in [0.4, 0.5) is 0 Å². The van der Waals surface area contributed by atoms with Gasteiger partial charge in [0.25, 0.3) is 5.91 Å². The van der Waals surface area contributed by atoms with Crippen LogP contribution in [0.15, 0.2) is 71.6 Å². The molecule has 1 amide bonds. The number of carbonyl (C=O) groups excluding carboxylic acids is 1. The van der Waals surface area contributed by atoms with E-state index in [2.05, 4.69) is 4.90 Å². The molecule has 7 nitrogen and oxygen atoms in total. The Labute approximate surface area is 200 Å². The maximum atomic E-state index is 13.2. The first kappa shape index (κ1) is 23.0. The molecule has 2 fully saturated rings. The number of benzene rings is 3. The molecule has 3 aromatic rings. The van der Waals surface area contributed by atoms with Crippen molar-refractivity contribution in [1.29, 1.82) is 0 Å². The summed E-state index contributed by atoms with van der Waals surface area (Å²) in [5, 5.41) is 1.90. The number of nitrogens with zero attached hydrogens (tertiary/aromatic N) is 3. The minimum Gasteiger partial charge on any atom is -0.379 e. The number of rotatable bonds is 5. The van der Waals surface area contributed by atoms with Crippen LogP contribution in [0.3, 0.4) is 0 Å². The molecule has 0 radical (unpaired) electrons. The third kappa shape index (κ3) is 4.86. The van der Waals surface area contributed by atoms with Gasteiger partial charge >= 0.3 is 0 Å². The molecule has 0 aromatic heterocycles. The summed E-state index contributed by atoms with van der Waals surface area (Å²) in [6.07, 6.45) is 0. The molecule has 0 unspecified atom stereocenters. The summed E-state index contributed by atoms with van der Waals surface area (Å²) in [5.41, 5.74) is 1.75. The Hall–Kier alpha value is -2.78. The van der Waals surface area contributed by atoms with Gasteiger partial charge in [-0.25, -0.2) is 8.42 Å². The third-order valence-electron chi connectivity index (χ3n) is 6.57. The second kappa shape index (κ2) is 9.84. The molecule has 0 saturated carbocycles. The number of hydrogen-bond donors (Lipinski definition) is 0. The second-order valence-electron chi connectivity index (χ2n) is 8.79. The molecule has 3 aromatic carbocycles. The lowest BCUT2D eigenvalue weighted by Crippen LogP contribution is -2.50. The number of sulfonamides is 1. The van der Waals surface area contributed by atoms with Crippen LogP contribution < -0.4 is 0 Å². The van der Waals surface area contributed by atoms with E-state index in [1.54, 1.807) is 17.0 Å². The van der Waals surface area contributed by atoms with Crippen molar-refractivity contribution in [2.24, 2.45) is 0 Å². The first-order valence-corrected chi connectivity index (χ1v) is 13.1. The lowest BCUT2D eigenvalue weighted by molar-refractivity contribution is 0.0341. The largest absolute Gasteiger partial charge is 0.379 e. The minimum absolute atomic E-state index is 0.0495. The van der Waals surface area contributed by atoms with E-state index in [9.17, 15) is 13.2 Å². The summed E-state index contributed by atoms with van der Waals surface area (Å²) < 4.78 is 33.3. The van der Waals surface area contributed by atoms with Crippen LogP contribution in [0.2, 0.25) is 0 Å². The van der Waals surface area contributed by atoms with Crippen LogP contribution in [0, 0.1) is 0 Å². The van der Waals surface area contributed by atoms with Crippen molar-refractivity contribution in [3.8, 4) is 0 Å². The smallest absolute Gasteiger partial charge is 0.253 e. The lowest BCUT2D eigenvalue weighted by atomic mass is 10.1. The highest BCUT2D eigenvalue weighted by atomic mass is 32.2. The fourth-order valence-electron chi connectivity index (χ4n) is 4.61. The van der Waals surface area contributed by atoms with Crippen LogP contribution in [0.5, 0.6) is 0 Å². The average Bonchev–Trinajstić information content (AvgIpc) is 2.89. The van der Waals surface area contributed by atoms with Gasteiger partial charge in [0.2, 0.25) is 10.0 Å². The van der Waals surface area contributed by atoms with E-state index in [0.717, 1.165) is 49.2 Å².